The Hall–Kier alpha value is -4.01. The first-order valence-electron chi connectivity index (χ1n) is 14.1. The van der Waals surface area contributed by atoms with Crippen molar-refractivity contribution in [3.8, 4) is 0 Å². The number of aliphatic hydroxyl groups is 1. The zero-order valence-corrected chi connectivity index (χ0v) is 23.3. The normalized spacial score (nSPS) is 23.6. The van der Waals surface area contributed by atoms with E-state index in [1.54, 1.807) is 0 Å². The molecule has 0 unspecified atom stereocenters. The third kappa shape index (κ3) is 7.84. The van der Waals surface area contributed by atoms with E-state index in [-0.39, 0.29) is 26.4 Å². The van der Waals surface area contributed by atoms with Gasteiger partial charge in [-0.2, -0.15) is 0 Å². The maximum absolute atomic E-state index is 11.7. The Kier molecular flexibility index (Phi) is 10.7. The minimum absolute atomic E-state index is 0.234. The standard InChI is InChI=1S/C34H35N3O5/c35-37-36-29-30(38)32(40-22-26-15-7-2-8-16-26)34(42-24-28-19-11-4-12-20-28)33(41-23-27-17-9-3-10-18-27)31(29)39-21-25-13-5-1-6-14-25/h1-20,29-34,38H,21-24H2/t29-,30+,31+,32+,33-,34-/m1/s1. The van der Waals surface area contributed by atoms with Gasteiger partial charge in [0.1, 0.15) is 18.3 Å². The van der Waals surface area contributed by atoms with Gasteiger partial charge in [-0.05, 0) is 27.8 Å². The summed E-state index contributed by atoms with van der Waals surface area (Å²) in [7, 11) is 0. The van der Waals surface area contributed by atoms with E-state index in [0.717, 1.165) is 22.3 Å². The van der Waals surface area contributed by atoms with Crippen molar-refractivity contribution in [3.05, 3.63) is 154 Å². The van der Waals surface area contributed by atoms with Gasteiger partial charge < -0.3 is 24.1 Å². The van der Waals surface area contributed by atoms with Crippen molar-refractivity contribution in [2.75, 3.05) is 0 Å². The molecule has 1 aliphatic rings. The summed E-state index contributed by atoms with van der Waals surface area (Å²) >= 11 is 0. The van der Waals surface area contributed by atoms with Crippen LogP contribution in [0.25, 0.3) is 10.4 Å². The lowest BCUT2D eigenvalue weighted by atomic mass is 9.82. The minimum Gasteiger partial charge on any atom is -0.390 e. The summed E-state index contributed by atoms with van der Waals surface area (Å²) in [5.74, 6) is 0. The van der Waals surface area contributed by atoms with Crippen molar-refractivity contribution >= 4 is 0 Å². The van der Waals surface area contributed by atoms with E-state index in [1.807, 2.05) is 121 Å². The predicted molar refractivity (Wildman–Crippen MR) is 159 cm³/mol. The highest BCUT2D eigenvalue weighted by atomic mass is 16.6. The first-order valence-corrected chi connectivity index (χ1v) is 14.1. The molecule has 0 aromatic heterocycles. The molecule has 8 heteroatoms. The van der Waals surface area contributed by atoms with E-state index in [1.165, 1.54) is 0 Å². The summed E-state index contributed by atoms with van der Waals surface area (Å²) in [6.07, 6.45) is -4.34. The Balaban J connectivity index is 1.48. The lowest BCUT2D eigenvalue weighted by Crippen LogP contribution is -2.65. The van der Waals surface area contributed by atoms with Gasteiger partial charge >= 0.3 is 0 Å². The maximum Gasteiger partial charge on any atom is 0.115 e. The van der Waals surface area contributed by atoms with E-state index in [0.29, 0.717) is 0 Å². The summed E-state index contributed by atoms with van der Waals surface area (Å²) in [6.45, 7) is 1.01. The zero-order chi connectivity index (χ0) is 29.0. The lowest BCUT2D eigenvalue weighted by Gasteiger charge is -2.47. The number of azide groups is 1. The summed E-state index contributed by atoms with van der Waals surface area (Å²) in [5.41, 5.74) is 13.3. The van der Waals surface area contributed by atoms with Crippen LogP contribution in [0.5, 0.6) is 0 Å². The van der Waals surface area contributed by atoms with Crippen LogP contribution < -0.4 is 0 Å². The van der Waals surface area contributed by atoms with Crippen molar-refractivity contribution in [1.82, 2.24) is 0 Å². The molecule has 1 aliphatic carbocycles. The first kappa shape index (κ1) is 29.5. The quantitative estimate of drug-likeness (QED) is 0.115. The van der Waals surface area contributed by atoms with Crippen LogP contribution in [0.15, 0.2) is 126 Å². The number of benzene rings is 4. The van der Waals surface area contributed by atoms with Crippen molar-refractivity contribution in [1.29, 1.82) is 0 Å². The van der Waals surface area contributed by atoms with Gasteiger partial charge in [0.05, 0.1) is 44.7 Å². The maximum atomic E-state index is 11.7. The molecule has 42 heavy (non-hydrogen) atoms. The number of rotatable bonds is 13. The van der Waals surface area contributed by atoms with E-state index >= 15 is 0 Å². The smallest absolute Gasteiger partial charge is 0.115 e. The molecule has 216 valence electrons. The van der Waals surface area contributed by atoms with Gasteiger partial charge in [-0.15, -0.1) is 0 Å². The molecular formula is C34H35N3O5. The molecule has 1 N–H and O–H groups in total. The van der Waals surface area contributed by atoms with Crippen LogP contribution in [0.4, 0.5) is 0 Å². The number of hydrogen-bond acceptors (Lipinski definition) is 6. The van der Waals surface area contributed by atoms with Gasteiger partial charge in [0.2, 0.25) is 0 Å². The molecular weight excluding hydrogens is 530 g/mol. The Morgan fingerprint density at radius 3 is 1.17 bits per heavy atom. The third-order valence-electron chi connectivity index (χ3n) is 7.32. The van der Waals surface area contributed by atoms with Crippen molar-refractivity contribution in [2.24, 2.45) is 5.11 Å². The highest BCUT2D eigenvalue weighted by Gasteiger charge is 2.53. The number of nitrogens with zero attached hydrogens (tertiary/aromatic N) is 3. The second kappa shape index (κ2) is 15.3. The lowest BCUT2D eigenvalue weighted by molar-refractivity contribution is -0.246. The van der Waals surface area contributed by atoms with Gasteiger partial charge in [0, 0.05) is 4.91 Å². The highest BCUT2D eigenvalue weighted by Crippen LogP contribution is 2.34. The SMILES string of the molecule is [N-]=[N+]=N[C@@H]1[C@H](O)[C@H](OCc2ccccc2)[C@@H](OCc2ccccc2)[C@H](OCc2ccccc2)[C@H]1OCc1ccccc1. The van der Waals surface area contributed by atoms with Crippen LogP contribution in [-0.2, 0) is 45.4 Å². The second-order valence-corrected chi connectivity index (χ2v) is 10.2. The van der Waals surface area contributed by atoms with Crippen LogP contribution >= 0.6 is 0 Å². The summed E-state index contributed by atoms with van der Waals surface area (Å²) in [5, 5.41) is 15.7. The van der Waals surface area contributed by atoms with E-state index in [9.17, 15) is 10.6 Å². The molecule has 8 nitrogen and oxygen atoms in total. The fourth-order valence-electron chi connectivity index (χ4n) is 5.18. The molecule has 0 bridgehead atoms. The fourth-order valence-corrected chi connectivity index (χ4v) is 5.18. The highest BCUT2D eigenvalue weighted by molar-refractivity contribution is 5.17. The van der Waals surface area contributed by atoms with E-state index in [4.69, 9.17) is 18.9 Å². The fraction of sp³-hybridized carbons (Fsp3) is 0.294. The molecule has 0 saturated heterocycles. The summed E-state index contributed by atoms with van der Waals surface area (Å²) < 4.78 is 25.9. The topological polar surface area (TPSA) is 106 Å². The molecule has 0 heterocycles. The average molecular weight is 566 g/mol. The minimum atomic E-state index is -1.21. The summed E-state index contributed by atoms with van der Waals surface area (Å²) in [6, 6.07) is 38.0. The van der Waals surface area contributed by atoms with Crippen LogP contribution in [-0.4, -0.2) is 41.7 Å². The first-order chi connectivity index (χ1) is 20.7. The number of ether oxygens (including phenoxy) is 4. The zero-order valence-electron chi connectivity index (χ0n) is 23.3. The molecule has 0 amide bonds. The van der Waals surface area contributed by atoms with Crippen LogP contribution in [0.3, 0.4) is 0 Å². The molecule has 4 aromatic rings. The molecule has 1 fully saturated rings. The third-order valence-corrected chi connectivity index (χ3v) is 7.32. The number of aliphatic hydroxyl groups excluding tert-OH is 1. The Labute approximate surface area is 246 Å². The molecule has 6 atom stereocenters. The molecule has 4 aromatic carbocycles. The largest absolute Gasteiger partial charge is 0.390 e. The van der Waals surface area contributed by atoms with Gasteiger partial charge in [-0.3, -0.25) is 0 Å². The molecule has 0 aliphatic heterocycles. The Morgan fingerprint density at radius 1 is 0.500 bits per heavy atom. The van der Waals surface area contributed by atoms with E-state index < -0.39 is 36.6 Å². The average Bonchev–Trinajstić information content (AvgIpc) is 3.05. The second-order valence-electron chi connectivity index (χ2n) is 10.2. The Bertz CT molecular complexity index is 1390. The molecule has 0 radical (unpaired) electrons. The van der Waals surface area contributed by atoms with Crippen LogP contribution in [0.1, 0.15) is 22.3 Å². The van der Waals surface area contributed by atoms with Crippen LogP contribution in [0, 0.1) is 0 Å². The van der Waals surface area contributed by atoms with E-state index in [2.05, 4.69) is 10.0 Å². The Morgan fingerprint density at radius 2 is 0.810 bits per heavy atom. The van der Waals surface area contributed by atoms with Crippen molar-refractivity contribution in [2.45, 2.75) is 63.0 Å². The summed E-state index contributed by atoms with van der Waals surface area (Å²) in [4.78, 5) is 3.07. The van der Waals surface area contributed by atoms with Crippen molar-refractivity contribution < 1.29 is 24.1 Å². The van der Waals surface area contributed by atoms with Gasteiger partial charge in [-0.1, -0.05) is 126 Å². The van der Waals surface area contributed by atoms with Gasteiger partial charge in [0.15, 0.2) is 0 Å². The van der Waals surface area contributed by atoms with Gasteiger partial charge in [-0.25, -0.2) is 0 Å². The molecule has 0 spiro atoms. The number of hydrogen-bond donors (Lipinski definition) is 1. The predicted octanol–water partition coefficient (Wildman–Crippen LogP) is 6.38. The monoisotopic (exact) mass is 565 g/mol. The van der Waals surface area contributed by atoms with Crippen molar-refractivity contribution in [3.63, 3.8) is 0 Å². The van der Waals surface area contributed by atoms with Crippen LogP contribution in [0.2, 0.25) is 0 Å². The van der Waals surface area contributed by atoms with Gasteiger partial charge in [0.25, 0.3) is 0 Å². The molecule has 5 rings (SSSR count). The molecule has 1 saturated carbocycles.